The summed E-state index contributed by atoms with van der Waals surface area (Å²) in [5.74, 6) is 1.24. The van der Waals surface area contributed by atoms with Crippen LogP contribution in [0.1, 0.15) is 36.8 Å². The molecule has 2 aromatic heterocycles. The van der Waals surface area contributed by atoms with Gasteiger partial charge in [-0.3, -0.25) is 9.97 Å². The highest BCUT2D eigenvalue weighted by molar-refractivity contribution is 5.62. The second kappa shape index (κ2) is 10.9. The van der Waals surface area contributed by atoms with Crippen molar-refractivity contribution in [3.63, 3.8) is 0 Å². The van der Waals surface area contributed by atoms with E-state index in [0.29, 0.717) is 11.8 Å². The minimum absolute atomic E-state index is 0.621. The first-order chi connectivity index (χ1) is 16.8. The van der Waals surface area contributed by atoms with E-state index in [4.69, 9.17) is 0 Å². The number of nitrogens with zero attached hydrogens (tertiary/aromatic N) is 2. The summed E-state index contributed by atoms with van der Waals surface area (Å²) < 4.78 is 0. The summed E-state index contributed by atoms with van der Waals surface area (Å²) in [5.41, 5.74) is 6.69. The van der Waals surface area contributed by atoms with Crippen LogP contribution in [0.3, 0.4) is 0 Å². The smallest absolute Gasteiger partial charge is 0.0702 e. The predicted octanol–water partition coefficient (Wildman–Crippen LogP) is 8.34. The number of allylic oxidation sites excluding steroid dienone is 2. The van der Waals surface area contributed by atoms with Crippen molar-refractivity contribution in [2.75, 3.05) is 0 Å². The van der Waals surface area contributed by atoms with Crippen molar-refractivity contribution in [3.8, 4) is 22.5 Å². The van der Waals surface area contributed by atoms with E-state index in [1.54, 1.807) is 0 Å². The van der Waals surface area contributed by atoms with E-state index in [1.165, 1.54) is 36.8 Å². The van der Waals surface area contributed by atoms with E-state index < -0.39 is 0 Å². The van der Waals surface area contributed by atoms with Gasteiger partial charge in [0, 0.05) is 23.5 Å². The monoisotopic (exact) mass is 442 g/mol. The summed E-state index contributed by atoms with van der Waals surface area (Å²) >= 11 is 0. The molecule has 2 atom stereocenters. The molecule has 1 aliphatic rings. The largest absolute Gasteiger partial charge is 0.256 e. The van der Waals surface area contributed by atoms with Gasteiger partial charge >= 0.3 is 0 Å². The summed E-state index contributed by atoms with van der Waals surface area (Å²) in [5, 5.41) is 0. The van der Waals surface area contributed by atoms with E-state index >= 15 is 0 Å². The van der Waals surface area contributed by atoms with E-state index in [-0.39, 0.29) is 0 Å². The number of rotatable bonds is 6. The van der Waals surface area contributed by atoms with Crippen LogP contribution in [0.15, 0.2) is 109 Å². The van der Waals surface area contributed by atoms with Crippen LogP contribution >= 0.6 is 0 Å². The van der Waals surface area contributed by atoms with Gasteiger partial charge in [-0.15, -0.1) is 0 Å². The third-order valence-electron chi connectivity index (χ3n) is 6.59. The number of benzene rings is 2. The zero-order chi connectivity index (χ0) is 23.0. The lowest BCUT2D eigenvalue weighted by Crippen LogP contribution is -2.12. The maximum Gasteiger partial charge on any atom is 0.0702 e. The number of aromatic nitrogens is 2. The normalized spacial score (nSPS) is 18.5. The first-order valence-electron chi connectivity index (χ1n) is 12.2. The van der Waals surface area contributed by atoms with E-state index in [0.717, 1.165) is 22.5 Å². The molecule has 2 heterocycles. The van der Waals surface area contributed by atoms with E-state index in [2.05, 4.69) is 107 Å². The van der Waals surface area contributed by atoms with Crippen LogP contribution < -0.4 is 0 Å². The summed E-state index contributed by atoms with van der Waals surface area (Å²) in [6, 6.07) is 29.2. The van der Waals surface area contributed by atoms with E-state index in [1.807, 2.05) is 24.5 Å². The molecule has 0 N–H and O–H groups in total. The highest BCUT2D eigenvalue weighted by Crippen LogP contribution is 2.32. The van der Waals surface area contributed by atoms with Crippen molar-refractivity contribution in [3.05, 3.63) is 121 Å². The molecule has 0 amide bonds. The van der Waals surface area contributed by atoms with Crippen molar-refractivity contribution in [2.24, 2.45) is 11.8 Å². The van der Waals surface area contributed by atoms with Gasteiger partial charge in [-0.1, -0.05) is 104 Å². The summed E-state index contributed by atoms with van der Waals surface area (Å²) in [4.78, 5) is 9.30. The van der Waals surface area contributed by atoms with Gasteiger partial charge in [0.05, 0.1) is 11.4 Å². The molecule has 1 fully saturated rings. The van der Waals surface area contributed by atoms with Crippen LogP contribution in [0.25, 0.3) is 34.7 Å². The van der Waals surface area contributed by atoms with Crippen LogP contribution in [0.5, 0.6) is 0 Å². The van der Waals surface area contributed by atoms with Crippen molar-refractivity contribution in [1.29, 1.82) is 0 Å². The molecule has 0 aliphatic heterocycles. The molecule has 5 rings (SSSR count). The molecular weight excluding hydrogens is 412 g/mol. The average Bonchev–Trinajstić information content (AvgIpc) is 2.93. The van der Waals surface area contributed by atoms with Gasteiger partial charge in [-0.2, -0.15) is 0 Å². The minimum Gasteiger partial charge on any atom is -0.256 e. The Morgan fingerprint density at radius 3 is 1.44 bits per heavy atom. The summed E-state index contributed by atoms with van der Waals surface area (Å²) in [6.07, 6.45) is 18.2. The maximum atomic E-state index is 4.65. The SMILES string of the molecule is C(=C/C1CCCC(/C=C\c2ccc(-c3ccccc3)nc2)C1)/c1ccc(-c2ccccc2)nc1. The fraction of sp³-hybridized carbons (Fsp3) is 0.188. The van der Waals surface area contributed by atoms with Gasteiger partial charge in [0.25, 0.3) is 0 Å². The first-order valence-corrected chi connectivity index (χ1v) is 12.2. The van der Waals surface area contributed by atoms with Gasteiger partial charge < -0.3 is 0 Å². The van der Waals surface area contributed by atoms with Crippen LogP contribution in [0.4, 0.5) is 0 Å². The van der Waals surface area contributed by atoms with Gasteiger partial charge in [0.2, 0.25) is 0 Å². The molecule has 0 bridgehead atoms. The first kappa shape index (κ1) is 22.0. The van der Waals surface area contributed by atoms with Crippen molar-refractivity contribution >= 4 is 12.2 Å². The second-order valence-corrected chi connectivity index (χ2v) is 9.09. The third-order valence-corrected chi connectivity index (χ3v) is 6.59. The number of pyridine rings is 2. The maximum absolute atomic E-state index is 4.65. The molecule has 2 nitrogen and oxygen atoms in total. The highest BCUT2D eigenvalue weighted by Gasteiger charge is 2.18. The molecule has 2 heteroatoms. The van der Waals surface area contributed by atoms with Gasteiger partial charge in [0.15, 0.2) is 0 Å². The third kappa shape index (κ3) is 5.77. The Morgan fingerprint density at radius 2 is 1.03 bits per heavy atom. The molecular formula is C32H30N2. The minimum atomic E-state index is 0.621. The number of hydrogen-bond acceptors (Lipinski definition) is 2. The topological polar surface area (TPSA) is 25.8 Å². The average molecular weight is 443 g/mol. The molecule has 0 spiro atoms. The Hall–Kier alpha value is -3.78. The van der Waals surface area contributed by atoms with E-state index in [9.17, 15) is 0 Å². The van der Waals surface area contributed by atoms with Crippen LogP contribution in [-0.2, 0) is 0 Å². The summed E-state index contributed by atoms with van der Waals surface area (Å²) in [7, 11) is 0. The lowest BCUT2D eigenvalue weighted by molar-refractivity contribution is 0.354. The predicted molar refractivity (Wildman–Crippen MR) is 143 cm³/mol. The molecule has 168 valence electrons. The van der Waals surface area contributed by atoms with Gasteiger partial charge in [0.1, 0.15) is 0 Å². The zero-order valence-corrected chi connectivity index (χ0v) is 19.4. The molecule has 1 saturated carbocycles. The van der Waals surface area contributed by atoms with Crippen LogP contribution in [0.2, 0.25) is 0 Å². The fourth-order valence-electron chi connectivity index (χ4n) is 4.68. The molecule has 4 aromatic rings. The highest BCUT2D eigenvalue weighted by atomic mass is 14.7. The lowest BCUT2D eigenvalue weighted by Gasteiger charge is -2.25. The molecule has 0 radical (unpaired) electrons. The zero-order valence-electron chi connectivity index (χ0n) is 19.4. The molecule has 2 aromatic carbocycles. The fourth-order valence-corrected chi connectivity index (χ4v) is 4.68. The Bertz CT molecular complexity index is 1120. The Morgan fingerprint density at radius 1 is 0.559 bits per heavy atom. The molecule has 2 unspecified atom stereocenters. The molecule has 0 saturated heterocycles. The van der Waals surface area contributed by atoms with Gasteiger partial charge in [-0.05, 0) is 54.4 Å². The Labute approximate surface area is 202 Å². The lowest BCUT2D eigenvalue weighted by atomic mass is 9.81. The Kier molecular flexibility index (Phi) is 7.06. The molecule has 34 heavy (non-hydrogen) atoms. The second-order valence-electron chi connectivity index (χ2n) is 9.09. The van der Waals surface area contributed by atoms with Crippen LogP contribution in [0, 0.1) is 11.8 Å². The van der Waals surface area contributed by atoms with Crippen LogP contribution in [-0.4, -0.2) is 9.97 Å². The standard InChI is InChI=1S/C32H30N2/c1-3-10-29(11-4-1)31-20-18-27(23-33-31)16-14-25-8-7-9-26(22-25)15-17-28-19-21-32(34-24-28)30-12-5-2-6-13-30/h1-6,10-21,23-26H,7-9,22H2/b16-14-,17-15-. The van der Waals surface area contributed by atoms with Gasteiger partial charge in [-0.25, -0.2) is 0 Å². The van der Waals surface area contributed by atoms with Crippen molar-refractivity contribution < 1.29 is 0 Å². The molecule has 1 aliphatic carbocycles. The quantitative estimate of drug-likeness (QED) is 0.300. The summed E-state index contributed by atoms with van der Waals surface area (Å²) in [6.45, 7) is 0. The number of hydrogen-bond donors (Lipinski definition) is 0. The van der Waals surface area contributed by atoms with Crippen molar-refractivity contribution in [2.45, 2.75) is 25.7 Å². The van der Waals surface area contributed by atoms with Crippen molar-refractivity contribution in [1.82, 2.24) is 9.97 Å². The Balaban J connectivity index is 1.17.